The van der Waals surface area contributed by atoms with Crippen LogP contribution in [0.25, 0.3) is 0 Å². The van der Waals surface area contributed by atoms with Crippen LogP contribution in [0.2, 0.25) is 0 Å². The third-order valence-electron chi connectivity index (χ3n) is 5.26. The highest BCUT2D eigenvalue weighted by molar-refractivity contribution is 5.00. The molecule has 2 fully saturated rings. The van der Waals surface area contributed by atoms with Crippen LogP contribution >= 0.6 is 0 Å². The summed E-state index contributed by atoms with van der Waals surface area (Å²) >= 11 is 0. The first-order chi connectivity index (χ1) is 10.3. The molecule has 1 N–H and O–H groups in total. The summed E-state index contributed by atoms with van der Waals surface area (Å²) in [6.45, 7) is 4.68. The third kappa shape index (κ3) is 4.07. The number of aromatic nitrogens is 2. The SMILES string of the molecule is CNCCC1CCN(Cc2ccn(C3CCCC3)n2)CC1. The monoisotopic (exact) mass is 290 g/mol. The molecule has 1 saturated carbocycles. The van der Waals surface area contributed by atoms with Gasteiger partial charge in [-0.1, -0.05) is 12.8 Å². The van der Waals surface area contributed by atoms with E-state index in [0.29, 0.717) is 6.04 Å². The number of piperidine rings is 1. The van der Waals surface area contributed by atoms with Gasteiger partial charge in [-0.2, -0.15) is 5.10 Å². The molecular weight excluding hydrogens is 260 g/mol. The maximum Gasteiger partial charge on any atom is 0.0764 e. The van der Waals surface area contributed by atoms with Gasteiger partial charge in [0.15, 0.2) is 0 Å². The van der Waals surface area contributed by atoms with Crippen molar-refractivity contribution in [2.45, 2.75) is 57.5 Å². The van der Waals surface area contributed by atoms with E-state index in [4.69, 9.17) is 5.10 Å². The van der Waals surface area contributed by atoms with Crippen LogP contribution in [-0.4, -0.2) is 41.4 Å². The smallest absolute Gasteiger partial charge is 0.0764 e. The highest BCUT2D eigenvalue weighted by Crippen LogP contribution is 2.29. The number of nitrogens with one attached hydrogen (secondary N) is 1. The Hall–Kier alpha value is -0.870. The summed E-state index contributed by atoms with van der Waals surface area (Å²) in [4.78, 5) is 2.58. The average molecular weight is 290 g/mol. The van der Waals surface area contributed by atoms with Gasteiger partial charge in [0.2, 0.25) is 0 Å². The Bertz CT molecular complexity index is 414. The lowest BCUT2D eigenvalue weighted by Crippen LogP contribution is -2.34. The second-order valence-electron chi connectivity index (χ2n) is 6.84. The van der Waals surface area contributed by atoms with Crippen molar-refractivity contribution in [1.29, 1.82) is 0 Å². The quantitative estimate of drug-likeness (QED) is 0.874. The van der Waals surface area contributed by atoms with Crippen molar-refractivity contribution in [3.8, 4) is 0 Å². The lowest BCUT2D eigenvalue weighted by atomic mass is 9.93. The summed E-state index contributed by atoms with van der Waals surface area (Å²) in [6.07, 6.45) is 11.6. The van der Waals surface area contributed by atoms with Crippen molar-refractivity contribution in [3.63, 3.8) is 0 Å². The van der Waals surface area contributed by atoms with E-state index in [0.717, 1.165) is 19.0 Å². The molecule has 2 heterocycles. The Balaban J connectivity index is 1.45. The van der Waals surface area contributed by atoms with E-state index in [9.17, 15) is 0 Å². The maximum atomic E-state index is 4.82. The van der Waals surface area contributed by atoms with Gasteiger partial charge in [-0.15, -0.1) is 0 Å². The molecule has 2 aliphatic rings. The number of hydrogen-bond donors (Lipinski definition) is 1. The van der Waals surface area contributed by atoms with Crippen LogP contribution in [0.15, 0.2) is 12.3 Å². The van der Waals surface area contributed by atoms with E-state index in [2.05, 4.69) is 34.2 Å². The van der Waals surface area contributed by atoms with Crippen molar-refractivity contribution in [2.75, 3.05) is 26.7 Å². The lowest BCUT2D eigenvalue weighted by Gasteiger charge is -2.31. The summed E-state index contributed by atoms with van der Waals surface area (Å²) in [5, 5.41) is 8.09. The molecule has 1 aliphatic heterocycles. The van der Waals surface area contributed by atoms with Crippen molar-refractivity contribution in [1.82, 2.24) is 20.0 Å². The van der Waals surface area contributed by atoms with Gasteiger partial charge in [0.1, 0.15) is 0 Å². The minimum Gasteiger partial charge on any atom is -0.320 e. The average Bonchev–Trinajstić information content (AvgIpc) is 3.17. The van der Waals surface area contributed by atoms with Crippen LogP contribution < -0.4 is 5.32 Å². The lowest BCUT2D eigenvalue weighted by molar-refractivity contribution is 0.170. The van der Waals surface area contributed by atoms with Crippen molar-refractivity contribution < 1.29 is 0 Å². The van der Waals surface area contributed by atoms with Crippen LogP contribution in [0.1, 0.15) is 56.7 Å². The zero-order chi connectivity index (χ0) is 14.5. The molecule has 1 aromatic rings. The first-order valence-electron chi connectivity index (χ1n) is 8.76. The molecule has 21 heavy (non-hydrogen) atoms. The van der Waals surface area contributed by atoms with Gasteiger partial charge in [-0.05, 0) is 70.8 Å². The summed E-state index contributed by atoms with van der Waals surface area (Å²) < 4.78 is 2.22. The van der Waals surface area contributed by atoms with Gasteiger partial charge in [-0.25, -0.2) is 0 Å². The molecule has 118 valence electrons. The zero-order valence-corrected chi connectivity index (χ0v) is 13.4. The molecule has 4 nitrogen and oxygen atoms in total. The Kier molecular flexibility index (Phi) is 5.31. The highest BCUT2D eigenvalue weighted by Gasteiger charge is 2.21. The van der Waals surface area contributed by atoms with Crippen molar-refractivity contribution in [2.24, 2.45) is 5.92 Å². The van der Waals surface area contributed by atoms with Crippen molar-refractivity contribution in [3.05, 3.63) is 18.0 Å². The molecule has 1 saturated heterocycles. The fourth-order valence-corrected chi connectivity index (χ4v) is 3.84. The van der Waals surface area contributed by atoms with E-state index in [1.54, 1.807) is 0 Å². The summed E-state index contributed by atoms with van der Waals surface area (Å²) in [5.41, 5.74) is 1.26. The minimum absolute atomic E-state index is 0.672. The van der Waals surface area contributed by atoms with E-state index >= 15 is 0 Å². The first kappa shape index (κ1) is 15.0. The molecule has 0 aromatic carbocycles. The van der Waals surface area contributed by atoms with Gasteiger partial charge in [-0.3, -0.25) is 9.58 Å². The van der Waals surface area contributed by atoms with Crippen molar-refractivity contribution >= 4 is 0 Å². The van der Waals surface area contributed by atoms with Crippen LogP contribution in [0, 0.1) is 5.92 Å². The van der Waals surface area contributed by atoms with E-state index in [1.165, 1.54) is 63.7 Å². The summed E-state index contributed by atoms with van der Waals surface area (Å²) in [6, 6.07) is 2.90. The predicted octanol–water partition coefficient (Wildman–Crippen LogP) is 2.82. The Morgan fingerprint density at radius 1 is 1.19 bits per heavy atom. The Labute approximate surface area is 128 Å². The Morgan fingerprint density at radius 3 is 2.67 bits per heavy atom. The molecular formula is C17H30N4. The van der Waals surface area contributed by atoms with Gasteiger partial charge in [0, 0.05) is 12.7 Å². The highest BCUT2D eigenvalue weighted by atomic mass is 15.3. The summed E-state index contributed by atoms with van der Waals surface area (Å²) in [5.74, 6) is 0.921. The number of hydrogen-bond acceptors (Lipinski definition) is 3. The number of rotatable bonds is 6. The first-order valence-corrected chi connectivity index (χ1v) is 8.76. The molecule has 0 amide bonds. The molecule has 1 aliphatic carbocycles. The molecule has 0 atom stereocenters. The largest absolute Gasteiger partial charge is 0.320 e. The predicted molar refractivity (Wildman–Crippen MR) is 86.3 cm³/mol. The molecule has 0 radical (unpaired) electrons. The molecule has 1 aromatic heterocycles. The van der Waals surface area contributed by atoms with Gasteiger partial charge < -0.3 is 5.32 Å². The number of nitrogens with zero attached hydrogens (tertiary/aromatic N) is 3. The number of likely N-dealkylation sites (tertiary alicyclic amines) is 1. The van der Waals surface area contributed by atoms with Crippen LogP contribution in [0.4, 0.5) is 0 Å². The molecule has 0 bridgehead atoms. The van der Waals surface area contributed by atoms with Gasteiger partial charge >= 0.3 is 0 Å². The van der Waals surface area contributed by atoms with E-state index in [1.807, 2.05) is 0 Å². The second-order valence-corrected chi connectivity index (χ2v) is 6.84. The third-order valence-corrected chi connectivity index (χ3v) is 5.26. The van der Waals surface area contributed by atoms with E-state index < -0.39 is 0 Å². The van der Waals surface area contributed by atoms with Crippen LogP contribution in [0.3, 0.4) is 0 Å². The fraction of sp³-hybridized carbons (Fsp3) is 0.824. The van der Waals surface area contributed by atoms with Gasteiger partial charge in [0.05, 0.1) is 11.7 Å². The van der Waals surface area contributed by atoms with Crippen LogP contribution in [-0.2, 0) is 6.54 Å². The molecule has 4 heteroatoms. The Morgan fingerprint density at radius 2 is 1.95 bits per heavy atom. The fourth-order valence-electron chi connectivity index (χ4n) is 3.84. The second kappa shape index (κ2) is 7.41. The normalized spacial score (nSPS) is 22.1. The maximum absolute atomic E-state index is 4.82. The van der Waals surface area contributed by atoms with E-state index in [-0.39, 0.29) is 0 Å². The van der Waals surface area contributed by atoms with Gasteiger partial charge in [0.25, 0.3) is 0 Å². The zero-order valence-electron chi connectivity index (χ0n) is 13.4. The molecule has 0 spiro atoms. The topological polar surface area (TPSA) is 33.1 Å². The minimum atomic E-state index is 0.672. The van der Waals surface area contributed by atoms with Crippen LogP contribution in [0.5, 0.6) is 0 Å². The summed E-state index contributed by atoms with van der Waals surface area (Å²) in [7, 11) is 2.05. The standard InChI is InChI=1S/C17H30N4/c1-18-10-6-15-7-11-20(12-8-15)14-16-9-13-21(19-16)17-4-2-3-5-17/h9,13,15,17-18H,2-8,10-12,14H2,1H3. The molecule has 0 unspecified atom stereocenters. The molecule has 3 rings (SSSR count).